The van der Waals surface area contributed by atoms with E-state index >= 15 is 0 Å². The molecule has 0 spiro atoms. The van der Waals surface area contributed by atoms with Crippen LogP contribution in [0.15, 0.2) is 53.5 Å². The van der Waals surface area contributed by atoms with Crippen molar-refractivity contribution in [2.24, 2.45) is 39.9 Å². The molecular weight excluding hydrogens is 1530 g/mol. The first kappa shape index (κ1) is 98.3. The van der Waals surface area contributed by atoms with E-state index in [0.717, 1.165) is 18.7 Å². The molecular formula is C73H112N18O25. The van der Waals surface area contributed by atoms with Crippen LogP contribution in [0.2, 0.25) is 0 Å². The number of hydrogen-bond acceptors (Lipinski definition) is 24. The molecule has 2 aromatic carbocycles. The number of likely N-dealkylation sites (tertiary alicyclic amines) is 1. The van der Waals surface area contributed by atoms with Crippen LogP contribution >= 0.6 is 0 Å². The number of phenolic OH excluding ortho intramolecular Hbond substituents is 2. The molecule has 43 heteroatoms. The monoisotopic (exact) mass is 1640 g/mol. The van der Waals surface area contributed by atoms with Crippen molar-refractivity contribution in [3.05, 3.63) is 59.7 Å². The number of nitrogens with zero attached hydrogens (tertiary/aromatic N) is 2. The van der Waals surface area contributed by atoms with E-state index in [4.69, 9.17) is 22.3 Å². The van der Waals surface area contributed by atoms with Gasteiger partial charge in [0, 0.05) is 32.4 Å². The van der Waals surface area contributed by atoms with Gasteiger partial charge in [-0.1, -0.05) is 72.2 Å². The molecule has 16 atom stereocenters. The van der Waals surface area contributed by atoms with Gasteiger partial charge < -0.3 is 132 Å². The third-order valence-electron chi connectivity index (χ3n) is 18.4. The minimum atomic E-state index is -1.98. The van der Waals surface area contributed by atoms with E-state index in [1.807, 2.05) is 0 Å². The molecule has 0 radical (unpaired) electrons. The van der Waals surface area contributed by atoms with Crippen LogP contribution in [0.4, 0.5) is 0 Å². The standard InChI is InChI=1S/C73H112N18O25/c1-10-36(6)57(90-61(104)45(23-24-54(97)98)80-63(106)47(28-40-15-19-42(95)20-16-40)82-64(107)48(29-41-17-21-43(96)22-18-41)83-68(111)52(33-94)86-58(101)37(7)74)70(113)85-46(27-34(2)3)62(105)84-49(30-55(99)100)65(108)89-56(35(4)5)71(114)91-26-12-14-53(91)69(112)81-44(13-11-25-77-73(75)76)60(103)88-51(32-93)66(109)78-38(8)59(102)87-50(31-92)67(110)79-39(9)72(115)116/h15-22,34-39,44-53,56-57,92-96H,10-14,23-33,74H2,1-9H3,(H,78,109)(H,79,110)(H,80,106)(H,81,112)(H,82,107)(H,83,111)(H,84,105)(H,85,113)(H,86,101)(H,87,102)(H,88,103)(H,89,108)(H,90,104)(H,97,98)(H,99,100)(H,115,116)(H4,75,76,77)/t36-,37-,38-,39-,44-,45-,46-,47-,48-,49-,50-,51-,52-,53-,56-,57-/m0/s1. The minimum absolute atomic E-state index is 0.00991. The van der Waals surface area contributed by atoms with Crippen LogP contribution in [0.1, 0.15) is 131 Å². The Balaban J connectivity index is 1.93. The Labute approximate surface area is 668 Å². The maximum Gasteiger partial charge on any atom is 0.325 e. The maximum atomic E-state index is 14.7. The smallest absolute Gasteiger partial charge is 0.325 e. The average molecular weight is 1640 g/mol. The summed E-state index contributed by atoms with van der Waals surface area (Å²) < 4.78 is 0. The van der Waals surface area contributed by atoms with Gasteiger partial charge in [-0.2, -0.15) is 0 Å². The largest absolute Gasteiger partial charge is 0.508 e. The van der Waals surface area contributed by atoms with E-state index in [9.17, 15) is 117 Å². The zero-order valence-electron chi connectivity index (χ0n) is 66.0. The molecule has 1 heterocycles. The van der Waals surface area contributed by atoms with Crippen molar-refractivity contribution in [3.63, 3.8) is 0 Å². The number of carbonyl (C=O) groups is 17. The third-order valence-corrected chi connectivity index (χ3v) is 18.4. The number of nitrogens with one attached hydrogen (secondary N) is 13. The van der Waals surface area contributed by atoms with Crippen molar-refractivity contribution in [3.8, 4) is 11.5 Å². The van der Waals surface area contributed by atoms with Crippen LogP contribution in [0.25, 0.3) is 0 Å². The highest BCUT2D eigenvalue weighted by atomic mass is 16.4. The van der Waals surface area contributed by atoms with Crippen LogP contribution in [0.5, 0.6) is 11.5 Å². The van der Waals surface area contributed by atoms with Crippen LogP contribution < -0.4 is 86.3 Å². The molecule has 644 valence electrons. The molecule has 14 amide bonds. The third kappa shape index (κ3) is 32.9. The number of aliphatic hydroxyl groups excluding tert-OH is 3. The number of aliphatic carboxylic acids is 3. The summed E-state index contributed by atoms with van der Waals surface area (Å²) in [5.74, 6) is -22.0. The summed E-state index contributed by atoms with van der Waals surface area (Å²) in [5, 5.41) is 110. The van der Waals surface area contributed by atoms with Gasteiger partial charge in [-0.25, -0.2) is 0 Å². The highest BCUT2D eigenvalue weighted by Crippen LogP contribution is 2.23. The lowest BCUT2D eigenvalue weighted by molar-refractivity contribution is -0.144. The van der Waals surface area contributed by atoms with Crippen molar-refractivity contribution < 1.29 is 122 Å². The Morgan fingerprint density at radius 3 is 1.33 bits per heavy atom. The molecule has 1 saturated heterocycles. The van der Waals surface area contributed by atoms with Gasteiger partial charge in [0.1, 0.15) is 96.1 Å². The molecule has 0 saturated carbocycles. The number of carbonyl (C=O) groups excluding carboxylic acids is 14. The van der Waals surface area contributed by atoms with Gasteiger partial charge in [0.25, 0.3) is 0 Å². The van der Waals surface area contributed by atoms with Gasteiger partial charge in [0.15, 0.2) is 5.96 Å². The minimum Gasteiger partial charge on any atom is -0.508 e. The number of nitrogens with two attached hydrogens (primary N) is 3. The SMILES string of the molecule is CC[C@H](C)[C@H](NC(=O)[C@H](CCC(=O)O)NC(=O)[C@H](Cc1ccc(O)cc1)NC(=O)[C@H](Cc1ccc(O)cc1)NC(=O)[C@H](CO)NC(=O)[C@H](C)N)C(=O)N[C@@H](CC(C)C)C(=O)N[C@@H](CC(=O)O)C(=O)N[C@H](C(=O)N1CCC[C@H]1C(=O)N[C@@H](CCCN=C(N)N)C(=O)N[C@@H](CO)C(=O)N[C@@H](C)C(=O)N[C@@H](CO)C(=O)N[C@@H](C)C(=O)O)C(C)C. The number of hydrogen-bond donors (Lipinski definition) is 24. The lowest BCUT2D eigenvalue weighted by Gasteiger charge is -2.32. The molecule has 0 aromatic heterocycles. The fourth-order valence-electron chi connectivity index (χ4n) is 11.6. The Morgan fingerprint density at radius 1 is 0.466 bits per heavy atom. The zero-order valence-corrected chi connectivity index (χ0v) is 66.0. The summed E-state index contributed by atoms with van der Waals surface area (Å²) in [5.41, 5.74) is 17.3. The van der Waals surface area contributed by atoms with E-state index in [-0.39, 0.29) is 75.5 Å². The van der Waals surface area contributed by atoms with Crippen LogP contribution in [0.3, 0.4) is 0 Å². The molecule has 2 aromatic rings. The van der Waals surface area contributed by atoms with Gasteiger partial charge in [0.05, 0.1) is 32.3 Å². The number of carboxylic acids is 3. The lowest BCUT2D eigenvalue weighted by Crippen LogP contribution is -2.62. The second kappa shape index (κ2) is 48.4. The predicted octanol–water partition coefficient (Wildman–Crippen LogP) is -7.23. The first-order valence-corrected chi connectivity index (χ1v) is 37.6. The Kier molecular flexibility index (Phi) is 41.0. The number of benzene rings is 2. The first-order chi connectivity index (χ1) is 54.4. The van der Waals surface area contributed by atoms with Crippen molar-refractivity contribution in [1.29, 1.82) is 0 Å². The molecule has 0 bridgehead atoms. The van der Waals surface area contributed by atoms with Crippen LogP contribution in [-0.4, -0.2) is 276 Å². The molecule has 43 nitrogen and oxygen atoms in total. The molecule has 0 aliphatic carbocycles. The summed E-state index contributed by atoms with van der Waals surface area (Å²) >= 11 is 0. The lowest BCUT2D eigenvalue weighted by atomic mass is 9.96. The van der Waals surface area contributed by atoms with E-state index in [2.05, 4.69) is 74.1 Å². The molecule has 3 rings (SSSR count). The fourth-order valence-corrected chi connectivity index (χ4v) is 11.6. The molecule has 27 N–H and O–H groups in total. The summed E-state index contributed by atoms with van der Waals surface area (Å²) in [6.07, 6.45) is -3.35. The normalized spacial score (nSPS) is 16.3. The second-order valence-electron chi connectivity index (χ2n) is 28.8. The molecule has 0 unspecified atom stereocenters. The fraction of sp³-hybridized carbons (Fsp3) is 0.589. The Hall–Kier alpha value is -11.9. The summed E-state index contributed by atoms with van der Waals surface area (Å²) in [6.45, 7) is 9.83. The van der Waals surface area contributed by atoms with Gasteiger partial charge in [-0.3, -0.25) is 86.5 Å². The van der Waals surface area contributed by atoms with Gasteiger partial charge in [-0.15, -0.1) is 0 Å². The predicted molar refractivity (Wildman–Crippen MR) is 410 cm³/mol. The van der Waals surface area contributed by atoms with Crippen molar-refractivity contribution in [1.82, 2.24) is 74.0 Å². The molecule has 1 aliphatic heterocycles. The highest BCUT2D eigenvalue weighted by Gasteiger charge is 2.43. The van der Waals surface area contributed by atoms with E-state index < -0.39 is 254 Å². The quantitative estimate of drug-likeness (QED) is 0.0166. The maximum absolute atomic E-state index is 14.7. The van der Waals surface area contributed by atoms with Gasteiger partial charge in [0.2, 0.25) is 82.7 Å². The van der Waals surface area contributed by atoms with Crippen LogP contribution in [-0.2, 0) is 94.3 Å². The Morgan fingerprint density at radius 2 is 0.871 bits per heavy atom. The molecule has 1 fully saturated rings. The molecule has 116 heavy (non-hydrogen) atoms. The zero-order chi connectivity index (χ0) is 87.5. The van der Waals surface area contributed by atoms with Gasteiger partial charge in [-0.05, 0) is 112 Å². The summed E-state index contributed by atoms with van der Waals surface area (Å²) in [4.78, 5) is 236. The first-order valence-electron chi connectivity index (χ1n) is 37.6. The van der Waals surface area contributed by atoms with Crippen molar-refractivity contribution in [2.75, 3.05) is 32.9 Å². The number of amides is 14. The van der Waals surface area contributed by atoms with Crippen molar-refractivity contribution >= 4 is 107 Å². The number of carboxylic acid groups (broad SMARTS) is 3. The van der Waals surface area contributed by atoms with Gasteiger partial charge >= 0.3 is 17.9 Å². The molecule has 1 aliphatic rings. The van der Waals surface area contributed by atoms with E-state index in [1.165, 1.54) is 76.2 Å². The van der Waals surface area contributed by atoms with Crippen LogP contribution in [0, 0.1) is 17.8 Å². The van der Waals surface area contributed by atoms with E-state index in [0.29, 0.717) is 11.1 Å². The summed E-state index contributed by atoms with van der Waals surface area (Å²) in [6, 6.07) is -13.2. The highest BCUT2D eigenvalue weighted by molar-refractivity contribution is 6.01. The number of aromatic hydroxyl groups is 2. The second-order valence-corrected chi connectivity index (χ2v) is 28.8. The topological polar surface area (TPSA) is 702 Å². The number of guanidine groups is 1. The number of rotatable bonds is 49. The number of aliphatic imine (C=N–C) groups is 1. The van der Waals surface area contributed by atoms with E-state index in [1.54, 1.807) is 20.8 Å². The number of aliphatic hydroxyl groups is 3. The number of phenols is 2. The Bertz CT molecular complexity index is 3790. The summed E-state index contributed by atoms with van der Waals surface area (Å²) in [7, 11) is 0. The average Bonchev–Trinajstić information content (AvgIpc) is 1.61. The van der Waals surface area contributed by atoms with Crippen molar-refractivity contribution in [2.45, 2.75) is 224 Å².